The number of nitrogens with zero attached hydrogens (tertiary/aromatic N) is 4. The van der Waals surface area contributed by atoms with Crippen molar-refractivity contribution in [3.63, 3.8) is 0 Å². The van der Waals surface area contributed by atoms with Crippen molar-refractivity contribution in [3.05, 3.63) is 59.9 Å². The van der Waals surface area contributed by atoms with Gasteiger partial charge in [0, 0.05) is 57.6 Å². The van der Waals surface area contributed by atoms with Gasteiger partial charge in [0.1, 0.15) is 11.6 Å². The molecule has 1 saturated heterocycles. The minimum Gasteiger partial charge on any atom is -0.383 e. The summed E-state index contributed by atoms with van der Waals surface area (Å²) in [5.74, 6) is -0.0161. The molecule has 8 heteroatoms. The molecule has 4 heterocycles. The number of fused-ring (bicyclic) bond motifs is 1. The summed E-state index contributed by atoms with van der Waals surface area (Å²) >= 11 is 6.26. The SMILES string of the molecule is Nc1ncc(-c2cnn([C@H]3CCNC3)c2)cc1-c1cc2c(Cl)ccc(F)c2cn1. The summed E-state index contributed by atoms with van der Waals surface area (Å²) in [6.07, 6.45) is 8.11. The maximum atomic E-state index is 14.0. The Labute approximate surface area is 171 Å². The maximum Gasteiger partial charge on any atom is 0.132 e. The largest absolute Gasteiger partial charge is 0.383 e. The number of nitrogen functional groups attached to an aromatic ring is 1. The third kappa shape index (κ3) is 3.22. The second-order valence-corrected chi connectivity index (χ2v) is 7.56. The van der Waals surface area contributed by atoms with E-state index < -0.39 is 0 Å². The molecule has 1 aliphatic heterocycles. The van der Waals surface area contributed by atoms with Gasteiger partial charge in [-0.25, -0.2) is 9.37 Å². The smallest absolute Gasteiger partial charge is 0.132 e. The second-order valence-electron chi connectivity index (χ2n) is 7.16. The molecule has 0 aliphatic carbocycles. The van der Waals surface area contributed by atoms with Crippen LogP contribution in [0.15, 0.2) is 49.1 Å². The third-order valence-corrected chi connectivity index (χ3v) is 5.66. The van der Waals surface area contributed by atoms with Crippen LogP contribution < -0.4 is 11.1 Å². The second kappa shape index (κ2) is 7.09. The highest BCUT2D eigenvalue weighted by atomic mass is 35.5. The van der Waals surface area contributed by atoms with Crippen molar-refractivity contribution in [2.45, 2.75) is 12.5 Å². The first-order chi connectivity index (χ1) is 14.1. The number of rotatable bonds is 3. The van der Waals surface area contributed by atoms with E-state index in [0.29, 0.717) is 38.9 Å². The highest BCUT2D eigenvalue weighted by molar-refractivity contribution is 6.35. The van der Waals surface area contributed by atoms with Gasteiger partial charge in [0.2, 0.25) is 0 Å². The van der Waals surface area contributed by atoms with E-state index in [0.717, 1.165) is 30.6 Å². The van der Waals surface area contributed by atoms with Crippen molar-refractivity contribution in [3.8, 4) is 22.4 Å². The number of hydrogen-bond acceptors (Lipinski definition) is 5. The van der Waals surface area contributed by atoms with Crippen LogP contribution >= 0.6 is 11.6 Å². The molecule has 5 rings (SSSR count). The highest BCUT2D eigenvalue weighted by Gasteiger charge is 2.18. The molecule has 1 aliphatic rings. The van der Waals surface area contributed by atoms with E-state index in [4.69, 9.17) is 17.3 Å². The Morgan fingerprint density at radius 3 is 2.83 bits per heavy atom. The zero-order valence-corrected chi connectivity index (χ0v) is 16.2. The van der Waals surface area contributed by atoms with E-state index in [-0.39, 0.29) is 5.82 Å². The zero-order chi connectivity index (χ0) is 20.0. The van der Waals surface area contributed by atoms with Crippen LogP contribution in [0.1, 0.15) is 12.5 Å². The van der Waals surface area contributed by atoms with Crippen molar-refractivity contribution < 1.29 is 4.39 Å². The summed E-state index contributed by atoms with van der Waals surface area (Å²) in [5.41, 5.74) is 9.22. The molecule has 0 unspecified atom stereocenters. The monoisotopic (exact) mass is 408 g/mol. The number of hydrogen-bond donors (Lipinski definition) is 2. The molecule has 6 nitrogen and oxygen atoms in total. The molecule has 1 atom stereocenters. The number of nitrogens with two attached hydrogens (primary N) is 1. The van der Waals surface area contributed by atoms with E-state index in [1.165, 1.54) is 18.3 Å². The number of nitrogens with one attached hydrogen (secondary N) is 1. The molecule has 1 fully saturated rings. The van der Waals surface area contributed by atoms with Gasteiger partial charge in [0.25, 0.3) is 0 Å². The Kier molecular flexibility index (Phi) is 4.41. The van der Waals surface area contributed by atoms with Crippen molar-refractivity contribution in [2.75, 3.05) is 18.8 Å². The van der Waals surface area contributed by atoms with Crippen LogP contribution in [-0.4, -0.2) is 32.8 Å². The van der Waals surface area contributed by atoms with Gasteiger partial charge in [-0.1, -0.05) is 11.6 Å². The summed E-state index contributed by atoms with van der Waals surface area (Å²) in [7, 11) is 0. The van der Waals surface area contributed by atoms with Gasteiger partial charge in [-0.05, 0) is 37.2 Å². The molecule has 3 aromatic heterocycles. The average Bonchev–Trinajstić information content (AvgIpc) is 3.43. The van der Waals surface area contributed by atoms with Crippen LogP contribution in [0.4, 0.5) is 10.2 Å². The molecule has 146 valence electrons. The molecule has 1 aromatic carbocycles. The van der Waals surface area contributed by atoms with Crippen LogP contribution in [0.25, 0.3) is 33.2 Å². The van der Waals surface area contributed by atoms with Gasteiger partial charge in [-0.15, -0.1) is 0 Å². The highest BCUT2D eigenvalue weighted by Crippen LogP contribution is 2.33. The minimum atomic E-state index is -0.364. The van der Waals surface area contributed by atoms with Gasteiger partial charge in [0.15, 0.2) is 0 Å². The van der Waals surface area contributed by atoms with Crippen molar-refractivity contribution >= 4 is 28.2 Å². The Morgan fingerprint density at radius 2 is 2.00 bits per heavy atom. The number of anilines is 1. The van der Waals surface area contributed by atoms with E-state index in [2.05, 4.69) is 20.4 Å². The molecular weight excluding hydrogens is 391 g/mol. The van der Waals surface area contributed by atoms with Gasteiger partial charge in [-0.3, -0.25) is 9.67 Å². The molecule has 29 heavy (non-hydrogen) atoms. The Morgan fingerprint density at radius 1 is 1.10 bits per heavy atom. The van der Waals surface area contributed by atoms with Crippen molar-refractivity contribution in [1.29, 1.82) is 0 Å². The fourth-order valence-electron chi connectivity index (χ4n) is 3.71. The summed E-state index contributed by atoms with van der Waals surface area (Å²) in [4.78, 5) is 8.74. The summed E-state index contributed by atoms with van der Waals surface area (Å²) < 4.78 is 16.0. The first-order valence-corrected chi connectivity index (χ1v) is 9.73. The van der Waals surface area contributed by atoms with Gasteiger partial charge < -0.3 is 11.1 Å². The van der Waals surface area contributed by atoms with Crippen LogP contribution in [-0.2, 0) is 0 Å². The molecule has 0 spiro atoms. The van der Waals surface area contributed by atoms with Gasteiger partial charge in [-0.2, -0.15) is 5.10 Å². The molecule has 0 radical (unpaired) electrons. The summed E-state index contributed by atoms with van der Waals surface area (Å²) in [6, 6.07) is 6.90. The standard InChI is InChI=1S/C21H18ClFN6/c22-18-1-2-19(23)17-10-26-20(6-15(17)18)16-5-12(7-27-21(16)24)13-8-28-29(11-13)14-3-4-25-9-14/h1-2,5-8,10-11,14,25H,3-4,9H2,(H2,24,27)/t14-/m0/s1. The van der Waals surface area contributed by atoms with Gasteiger partial charge >= 0.3 is 0 Å². The number of benzene rings is 1. The van der Waals surface area contributed by atoms with E-state index in [1.54, 1.807) is 12.3 Å². The van der Waals surface area contributed by atoms with E-state index in [9.17, 15) is 4.39 Å². The first-order valence-electron chi connectivity index (χ1n) is 9.35. The van der Waals surface area contributed by atoms with E-state index in [1.807, 2.05) is 23.1 Å². The predicted molar refractivity (Wildman–Crippen MR) is 112 cm³/mol. The van der Waals surface area contributed by atoms with Crippen LogP contribution in [0.5, 0.6) is 0 Å². The fourth-order valence-corrected chi connectivity index (χ4v) is 3.93. The number of aromatic nitrogens is 4. The first kappa shape index (κ1) is 18.0. The lowest BCUT2D eigenvalue weighted by Gasteiger charge is -2.09. The summed E-state index contributed by atoms with van der Waals surface area (Å²) in [5, 5.41) is 9.26. The number of halogens is 2. The molecule has 4 aromatic rings. The average molecular weight is 409 g/mol. The fraction of sp³-hybridized carbons (Fsp3) is 0.190. The number of pyridine rings is 2. The van der Waals surface area contributed by atoms with Crippen LogP contribution in [0.2, 0.25) is 5.02 Å². The lowest BCUT2D eigenvalue weighted by Crippen LogP contribution is -2.13. The summed E-state index contributed by atoms with van der Waals surface area (Å²) in [6.45, 7) is 1.93. The van der Waals surface area contributed by atoms with Crippen LogP contribution in [0, 0.1) is 5.82 Å². The topological polar surface area (TPSA) is 81.6 Å². The van der Waals surface area contributed by atoms with Crippen LogP contribution in [0.3, 0.4) is 0 Å². The Balaban J connectivity index is 1.56. The molecular formula is C21H18ClFN6. The molecule has 0 bridgehead atoms. The Bertz CT molecular complexity index is 1220. The quantitative estimate of drug-likeness (QED) is 0.534. The maximum absolute atomic E-state index is 14.0. The molecule has 0 amide bonds. The lowest BCUT2D eigenvalue weighted by molar-refractivity contribution is 0.491. The van der Waals surface area contributed by atoms with Crippen molar-refractivity contribution in [1.82, 2.24) is 25.1 Å². The predicted octanol–water partition coefficient (Wildman–Crippen LogP) is 4.07. The normalized spacial score (nSPS) is 16.6. The lowest BCUT2D eigenvalue weighted by atomic mass is 10.0. The molecule has 3 N–H and O–H groups in total. The third-order valence-electron chi connectivity index (χ3n) is 5.33. The Hall–Kier alpha value is -3.03. The zero-order valence-electron chi connectivity index (χ0n) is 15.4. The van der Waals surface area contributed by atoms with E-state index >= 15 is 0 Å². The van der Waals surface area contributed by atoms with Crippen molar-refractivity contribution in [2.24, 2.45) is 0 Å². The minimum absolute atomic E-state index is 0.348. The molecule has 0 saturated carbocycles. The van der Waals surface area contributed by atoms with Gasteiger partial charge in [0.05, 0.1) is 17.9 Å².